The molecule has 0 saturated heterocycles. The Bertz CT molecular complexity index is 659. The quantitative estimate of drug-likeness (QED) is 0.748. The molecule has 0 amide bonds. The molecule has 104 valence electrons. The zero-order valence-corrected chi connectivity index (χ0v) is 10.7. The number of methoxy groups -OCH3 is 1. The number of carboxylic acids is 1. The molecule has 0 aliphatic carbocycles. The minimum absolute atomic E-state index is 0.0432. The lowest BCUT2D eigenvalue weighted by Crippen LogP contribution is -2.06. The summed E-state index contributed by atoms with van der Waals surface area (Å²) < 4.78 is 18.7. The normalized spacial score (nSPS) is 10.1. The zero-order chi connectivity index (χ0) is 14.7. The average molecular weight is 276 g/mol. The molecule has 0 radical (unpaired) electrons. The molecule has 20 heavy (non-hydrogen) atoms. The van der Waals surface area contributed by atoms with Crippen LogP contribution in [0.25, 0.3) is 0 Å². The topological polar surface area (TPSA) is 84.6 Å². The highest BCUT2D eigenvalue weighted by molar-refractivity contribution is 5.97. The zero-order valence-electron chi connectivity index (χ0n) is 10.7. The van der Waals surface area contributed by atoms with Crippen molar-refractivity contribution in [3.8, 4) is 5.75 Å². The molecule has 0 aliphatic rings. The van der Waals surface area contributed by atoms with E-state index < -0.39 is 11.8 Å². The van der Waals surface area contributed by atoms with Gasteiger partial charge in [0, 0.05) is 6.07 Å². The molecular formula is C14H13FN2O3. The van der Waals surface area contributed by atoms with Gasteiger partial charge in [-0.05, 0) is 24.3 Å². The highest BCUT2D eigenvalue weighted by Crippen LogP contribution is 2.29. The maximum absolute atomic E-state index is 13.7. The Balaban J connectivity index is 2.40. The molecule has 2 rings (SSSR count). The highest BCUT2D eigenvalue weighted by Gasteiger charge is 2.12. The first-order chi connectivity index (χ1) is 9.52. The second-order valence-electron chi connectivity index (χ2n) is 4.04. The standard InChI is InChI=1S/C14H13FN2O3/c1-20-8-5-6-10(15)12(7-8)17-11-4-2-3-9(13(11)16)14(18)19/h2-7,17H,16H2,1H3,(H,18,19). The number of benzene rings is 2. The molecule has 0 heterocycles. The van der Waals surface area contributed by atoms with Crippen molar-refractivity contribution in [1.29, 1.82) is 0 Å². The third-order valence-electron chi connectivity index (χ3n) is 2.78. The maximum atomic E-state index is 13.7. The van der Waals surface area contributed by atoms with Gasteiger partial charge in [-0.15, -0.1) is 0 Å². The number of para-hydroxylation sites is 1. The molecule has 0 unspecified atom stereocenters. The number of nitrogens with one attached hydrogen (secondary N) is 1. The molecule has 2 aromatic carbocycles. The fourth-order valence-electron chi connectivity index (χ4n) is 1.73. The van der Waals surface area contributed by atoms with E-state index in [1.54, 1.807) is 6.07 Å². The van der Waals surface area contributed by atoms with Gasteiger partial charge in [-0.25, -0.2) is 9.18 Å². The van der Waals surface area contributed by atoms with E-state index in [0.29, 0.717) is 11.4 Å². The summed E-state index contributed by atoms with van der Waals surface area (Å²) in [5.41, 5.74) is 6.22. The van der Waals surface area contributed by atoms with Crippen molar-refractivity contribution in [3.05, 3.63) is 47.8 Å². The molecule has 0 saturated carbocycles. The monoisotopic (exact) mass is 276 g/mol. The van der Waals surface area contributed by atoms with E-state index in [2.05, 4.69) is 5.32 Å². The third-order valence-corrected chi connectivity index (χ3v) is 2.78. The van der Waals surface area contributed by atoms with Gasteiger partial charge >= 0.3 is 5.97 Å². The van der Waals surface area contributed by atoms with E-state index in [1.807, 2.05) is 0 Å². The minimum Gasteiger partial charge on any atom is -0.497 e. The summed E-state index contributed by atoms with van der Waals surface area (Å²) in [5, 5.41) is 11.8. The molecule has 6 heteroatoms. The Morgan fingerprint density at radius 2 is 2.05 bits per heavy atom. The maximum Gasteiger partial charge on any atom is 0.337 e. The van der Waals surface area contributed by atoms with Gasteiger partial charge in [-0.1, -0.05) is 6.07 Å². The second-order valence-corrected chi connectivity index (χ2v) is 4.04. The molecular weight excluding hydrogens is 263 g/mol. The summed E-state index contributed by atoms with van der Waals surface area (Å²) in [5.74, 6) is -1.16. The fourth-order valence-corrected chi connectivity index (χ4v) is 1.73. The van der Waals surface area contributed by atoms with Gasteiger partial charge in [0.05, 0.1) is 29.7 Å². The Hall–Kier alpha value is -2.76. The van der Waals surface area contributed by atoms with Crippen LogP contribution in [0, 0.1) is 5.82 Å². The van der Waals surface area contributed by atoms with Crippen LogP contribution in [0.2, 0.25) is 0 Å². The van der Waals surface area contributed by atoms with Crippen LogP contribution in [-0.2, 0) is 0 Å². The van der Waals surface area contributed by atoms with E-state index in [-0.39, 0.29) is 16.9 Å². The van der Waals surface area contributed by atoms with Crippen LogP contribution in [0.5, 0.6) is 5.75 Å². The van der Waals surface area contributed by atoms with E-state index >= 15 is 0 Å². The molecule has 0 bridgehead atoms. The van der Waals surface area contributed by atoms with E-state index in [1.165, 1.54) is 37.4 Å². The van der Waals surface area contributed by atoms with Gasteiger partial charge in [0.15, 0.2) is 0 Å². The number of carboxylic acid groups (broad SMARTS) is 1. The molecule has 0 spiro atoms. The van der Waals surface area contributed by atoms with Crippen LogP contribution in [0.15, 0.2) is 36.4 Å². The van der Waals surface area contributed by atoms with Crippen molar-refractivity contribution >= 4 is 23.0 Å². The third kappa shape index (κ3) is 2.64. The summed E-state index contributed by atoms with van der Waals surface area (Å²) in [6.45, 7) is 0. The van der Waals surface area contributed by atoms with E-state index in [4.69, 9.17) is 15.6 Å². The van der Waals surface area contributed by atoms with Crippen LogP contribution in [0.1, 0.15) is 10.4 Å². The van der Waals surface area contributed by atoms with Crippen molar-refractivity contribution in [3.63, 3.8) is 0 Å². The number of halogens is 1. The predicted octanol–water partition coefficient (Wildman–Crippen LogP) is 2.86. The van der Waals surface area contributed by atoms with Crippen molar-refractivity contribution in [2.24, 2.45) is 0 Å². The fraction of sp³-hybridized carbons (Fsp3) is 0.0714. The Labute approximate surface area is 114 Å². The molecule has 0 aromatic heterocycles. The van der Waals surface area contributed by atoms with Crippen LogP contribution in [0.3, 0.4) is 0 Å². The summed E-state index contributed by atoms with van der Waals surface area (Å²) in [4.78, 5) is 11.0. The minimum atomic E-state index is -1.14. The summed E-state index contributed by atoms with van der Waals surface area (Å²) in [7, 11) is 1.47. The molecule has 2 aromatic rings. The van der Waals surface area contributed by atoms with Crippen molar-refractivity contribution in [2.75, 3.05) is 18.2 Å². The van der Waals surface area contributed by atoms with Gasteiger partial charge in [-0.3, -0.25) is 0 Å². The summed E-state index contributed by atoms with van der Waals surface area (Å²) in [6, 6.07) is 8.67. The Morgan fingerprint density at radius 1 is 1.30 bits per heavy atom. The van der Waals surface area contributed by atoms with Crippen molar-refractivity contribution < 1.29 is 19.0 Å². The summed E-state index contributed by atoms with van der Waals surface area (Å²) >= 11 is 0. The van der Waals surface area contributed by atoms with Crippen LogP contribution in [0.4, 0.5) is 21.5 Å². The molecule has 0 atom stereocenters. The van der Waals surface area contributed by atoms with E-state index in [9.17, 15) is 9.18 Å². The first kappa shape index (κ1) is 13.7. The van der Waals surface area contributed by atoms with Crippen LogP contribution in [-0.4, -0.2) is 18.2 Å². The van der Waals surface area contributed by atoms with Crippen molar-refractivity contribution in [2.45, 2.75) is 0 Å². The van der Waals surface area contributed by atoms with Crippen molar-refractivity contribution in [1.82, 2.24) is 0 Å². The SMILES string of the molecule is COc1ccc(F)c(Nc2cccc(C(=O)O)c2N)c1. The predicted molar refractivity (Wildman–Crippen MR) is 74.0 cm³/mol. The molecule has 0 aliphatic heterocycles. The first-order valence-electron chi connectivity index (χ1n) is 5.75. The Morgan fingerprint density at radius 3 is 2.70 bits per heavy atom. The second kappa shape index (κ2) is 5.48. The number of ether oxygens (including phenoxy) is 1. The Kier molecular flexibility index (Phi) is 3.74. The lowest BCUT2D eigenvalue weighted by Gasteiger charge is -2.12. The van der Waals surface area contributed by atoms with Gasteiger partial charge in [0.25, 0.3) is 0 Å². The molecule has 0 fully saturated rings. The largest absolute Gasteiger partial charge is 0.497 e. The first-order valence-corrected chi connectivity index (χ1v) is 5.75. The number of hydrogen-bond acceptors (Lipinski definition) is 4. The number of carbonyl (C=O) groups is 1. The number of rotatable bonds is 4. The van der Waals surface area contributed by atoms with Gasteiger partial charge in [0.2, 0.25) is 0 Å². The number of nitrogens with two attached hydrogens (primary N) is 1. The number of hydrogen-bond donors (Lipinski definition) is 3. The molecule has 4 N–H and O–H groups in total. The van der Waals surface area contributed by atoms with Crippen LogP contribution < -0.4 is 15.8 Å². The van der Waals surface area contributed by atoms with Crippen LogP contribution >= 0.6 is 0 Å². The highest BCUT2D eigenvalue weighted by atomic mass is 19.1. The average Bonchev–Trinajstić information content (AvgIpc) is 2.43. The smallest absolute Gasteiger partial charge is 0.337 e. The van der Waals surface area contributed by atoms with Gasteiger partial charge in [-0.2, -0.15) is 0 Å². The number of nitrogen functional groups attached to an aromatic ring is 1. The van der Waals surface area contributed by atoms with Gasteiger partial charge < -0.3 is 20.9 Å². The van der Waals surface area contributed by atoms with Gasteiger partial charge in [0.1, 0.15) is 11.6 Å². The number of aromatic carboxylic acids is 1. The lowest BCUT2D eigenvalue weighted by atomic mass is 10.1. The lowest BCUT2D eigenvalue weighted by molar-refractivity contribution is 0.0698. The summed E-state index contributed by atoms with van der Waals surface area (Å²) in [6.07, 6.45) is 0. The van der Waals surface area contributed by atoms with E-state index in [0.717, 1.165) is 0 Å². The molecule has 5 nitrogen and oxygen atoms in total. The number of anilines is 3.